The summed E-state index contributed by atoms with van der Waals surface area (Å²) in [5, 5.41) is 0. The molecule has 0 aromatic carbocycles. The van der Waals surface area contributed by atoms with Crippen LogP contribution in [-0.4, -0.2) is 30.6 Å². The molecule has 18 heavy (non-hydrogen) atoms. The molecule has 1 rings (SSSR count). The summed E-state index contributed by atoms with van der Waals surface area (Å²) in [6.07, 6.45) is 5.30. The lowest BCUT2D eigenvalue weighted by atomic mass is 9.85. The molecule has 2 atom stereocenters. The minimum absolute atomic E-state index is 0.242. The van der Waals surface area contributed by atoms with E-state index in [-0.39, 0.29) is 5.41 Å². The average molecular weight is 254 g/mol. The highest BCUT2D eigenvalue weighted by Crippen LogP contribution is 2.25. The van der Waals surface area contributed by atoms with Crippen molar-refractivity contribution < 1.29 is 0 Å². The van der Waals surface area contributed by atoms with Gasteiger partial charge in [0.05, 0.1) is 0 Å². The largest absolute Gasteiger partial charge is 0.327 e. The molecule has 0 aromatic heterocycles. The Labute approximate surface area is 114 Å². The highest BCUT2D eigenvalue weighted by Gasteiger charge is 2.23. The standard InChI is InChI=1S/C16H34N2/c1-13(2)14-7-6-10-18(11-8-14)12-9-15(17)16(3,4)5/h13-15H,6-12,17H2,1-5H3. The number of nitrogens with zero attached hydrogens (tertiary/aromatic N) is 1. The van der Waals surface area contributed by atoms with Gasteiger partial charge in [-0.1, -0.05) is 34.6 Å². The van der Waals surface area contributed by atoms with E-state index in [4.69, 9.17) is 5.73 Å². The molecule has 2 N–H and O–H groups in total. The van der Waals surface area contributed by atoms with Crippen LogP contribution in [0.5, 0.6) is 0 Å². The number of hydrogen-bond acceptors (Lipinski definition) is 2. The number of hydrogen-bond donors (Lipinski definition) is 1. The SMILES string of the molecule is CC(C)C1CCCN(CCC(N)C(C)(C)C)CC1. The molecule has 108 valence electrons. The number of rotatable bonds is 4. The smallest absolute Gasteiger partial charge is 0.00998 e. The number of nitrogens with two attached hydrogens (primary N) is 1. The van der Waals surface area contributed by atoms with Gasteiger partial charge in [0.15, 0.2) is 0 Å². The van der Waals surface area contributed by atoms with Crippen LogP contribution in [0.3, 0.4) is 0 Å². The van der Waals surface area contributed by atoms with Crippen LogP contribution in [0, 0.1) is 17.3 Å². The second kappa shape index (κ2) is 6.91. The lowest BCUT2D eigenvalue weighted by molar-refractivity contribution is 0.228. The Morgan fingerprint density at radius 3 is 2.39 bits per heavy atom. The summed E-state index contributed by atoms with van der Waals surface area (Å²) in [5.74, 6) is 1.79. The summed E-state index contributed by atoms with van der Waals surface area (Å²) in [7, 11) is 0. The second-order valence-electron chi connectivity index (χ2n) is 7.54. The summed E-state index contributed by atoms with van der Waals surface area (Å²) < 4.78 is 0. The van der Waals surface area contributed by atoms with Gasteiger partial charge in [-0.05, 0) is 62.6 Å². The lowest BCUT2D eigenvalue weighted by Gasteiger charge is -2.29. The Morgan fingerprint density at radius 1 is 1.17 bits per heavy atom. The summed E-state index contributed by atoms with van der Waals surface area (Å²) >= 11 is 0. The molecule has 0 bridgehead atoms. The van der Waals surface area contributed by atoms with Crippen molar-refractivity contribution >= 4 is 0 Å². The summed E-state index contributed by atoms with van der Waals surface area (Å²) in [4.78, 5) is 2.63. The van der Waals surface area contributed by atoms with Crippen LogP contribution in [-0.2, 0) is 0 Å². The third-order valence-corrected chi connectivity index (χ3v) is 4.68. The molecule has 0 saturated carbocycles. The van der Waals surface area contributed by atoms with Gasteiger partial charge >= 0.3 is 0 Å². The molecule has 1 aliphatic heterocycles. The predicted molar refractivity (Wildman–Crippen MR) is 80.7 cm³/mol. The van der Waals surface area contributed by atoms with E-state index >= 15 is 0 Å². The first-order valence-electron chi connectivity index (χ1n) is 7.78. The maximum absolute atomic E-state index is 6.26. The van der Waals surface area contributed by atoms with Crippen molar-refractivity contribution in [1.82, 2.24) is 4.90 Å². The van der Waals surface area contributed by atoms with Crippen molar-refractivity contribution in [2.45, 2.75) is 66.3 Å². The molecule has 1 aliphatic rings. The van der Waals surface area contributed by atoms with Crippen LogP contribution < -0.4 is 5.73 Å². The Morgan fingerprint density at radius 2 is 1.83 bits per heavy atom. The van der Waals surface area contributed by atoms with E-state index in [9.17, 15) is 0 Å². The molecule has 2 heteroatoms. The zero-order chi connectivity index (χ0) is 13.8. The van der Waals surface area contributed by atoms with E-state index in [0.29, 0.717) is 6.04 Å². The molecule has 0 radical (unpaired) electrons. The predicted octanol–water partition coefficient (Wildman–Crippen LogP) is 3.51. The fraction of sp³-hybridized carbons (Fsp3) is 1.00. The third kappa shape index (κ3) is 5.27. The first-order valence-corrected chi connectivity index (χ1v) is 7.78. The monoisotopic (exact) mass is 254 g/mol. The van der Waals surface area contributed by atoms with Crippen LogP contribution in [0.1, 0.15) is 60.3 Å². The van der Waals surface area contributed by atoms with Crippen molar-refractivity contribution in [1.29, 1.82) is 0 Å². The Bertz CT molecular complexity index is 230. The summed E-state index contributed by atoms with van der Waals surface area (Å²) in [6.45, 7) is 15.2. The Hall–Kier alpha value is -0.0800. The van der Waals surface area contributed by atoms with Crippen LogP contribution in [0.25, 0.3) is 0 Å². The van der Waals surface area contributed by atoms with Gasteiger partial charge in [-0.25, -0.2) is 0 Å². The van der Waals surface area contributed by atoms with Gasteiger partial charge in [-0.15, -0.1) is 0 Å². The molecule has 0 aliphatic carbocycles. The fourth-order valence-corrected chi connectivity index (χ4v) is 2.83. The van der Waals surface area contributed by atoms with Gasteiger partial charge in [0, 0.05) is 6.04 Å². The van der Waals surface area contributed by atoms with Gasteiger partial charge in [0.2, 0.25) is 0 Å². The van der Waals surface area contributed by atoms with E-state index in [2.05, 4.69) is 39.5 Å². The molecule has 2 unspecified atom stereocenters. The molecule has 1 heterocycles. The molecular weight excluding hydrogens is 220 g/mol. The van der Waals surface area contributed by atoms with E-state index in [0.717, 1.165) is 18.3 Å². The third-order valence-electron chi connectivity index (χ3n) is 4.68. The maximum Gasteiger partial charge on any atom is 0.00998 e. The molecule has 0 amide bonds. The number of likely N-dealkylation sites (tertiary alicyclic amines) is 1. The van der Waals surface area contributed by atoms with Crippen molar-refractivity contribution in [2.75, 3.05) is 19.6 Å². The molecule has 1 fully saturated rings. The Kier molecular flexibility index (Phi) is 6.13. The van der Waals surface area contributed by atoms with Crippen molar-refractivity contribution in [3.63, 3.8) is 0 Å². The highest BCUT2D eigenvalue weighted by molar-refractivity contribution is 4.79. The summed E-state index contributed by atoms with van der Waals surface area (Å²) in [5.41, 5.74) is 6.50. The first kappa shape index (κ1) is 16.0. The maximum atomic E-state index is 6.26. The average Bonchev–Trinajstić information content (AvgIpc) is 2.49. The van der Waals surface area contributed by atoms with Crippen LogP contribution >= 0.6 is 0 Å². The lowest BCUT2D eigenvalue weighted by Crippen LogP contribution is -2.39. The van der Waals surface area contributed by atoms with Crippen LogP contribution in [0.15, 0.2) is 0 Å². The van der Waals surface area contributed by atoms with Gasteiger partial charge in [0.1, 0.15) is 0 Å². The van der Waals surface area contributed by atoms with Crippen LogP contribution in [0.4, 0.5) is 0 Å². The van der Waals surface area contributed by atoms with E-state index in [1.165, 1.54) is 38.9 Å². The molecular formula is C16H34N2. The van der Waals surface area contributed by atoms with E-state index in [1.807, 2.05) is 0 Å². The van der Waals surface area contributed by atoms with Crippen molar-refractivity contribution in [3.8, 4) is 0 Å². The molecule has 1 saturated heterocycles. The van der Waals surface area contributed by atoms with Gasteiger partial charge in [-0.2, -0.15) is 0 Å². The normalized spacial score (nSPS) is 25.2. The van der Waals surface area contributed by atoms with Gasteiger partial charge in [0.25, 0.3) is 0 Å². The van der Waals surface area contributed by atoms with Crippen molar-refractivity contribution in [2.24, 2.45) is 23.0 Å². The minimum Gasteiger partial charge on any atom is -0.327 e. The Balaban J connectivity index is 2.32. The topological polar surface area (TPSA) is 29.3 Å². The highest BCUT2D eigenvalue weighted by atomic mass is 15.1. The summed E-state index contributed by atoms with van der Waals surface area (Å²) in [6, 6.07) is 0.321. The van der Waals surface area contributed by atoms with E-state index < -0.39 is 0 Å². The van der Waals surface area contributed by atoms with E-state index in [1.54, 1.807) is 0 Å². The first-order chi connectivity index (χ1) is 8.30. The minimum atomic E-state index is 0.242. The van der Waals surface area contributed by atoms with Gasteiger partial charge < -0.3 is 10.6 Å². The van der Waals surface area contributed by atoms with Crippen LogP contribution in [0.2, 0.25) is 0 Å². The molecule has 0 aromatic rings. The van der Waals surface area contributed by atoms with Crippen molar-refractivity contribution in [3.05, 3.63) is 0 Å². The molecule has 2 nitrogen and oxygen atoms in total. The zero-order valence-corrected chi connectivity index (χ0v) is 13.2. The second-order valence-corrected chi connectivity index (χ2v) is 7.54. The van der Waals surface area contributed by atoms with Gasteiger partial charge in [-0.3, -0.25) is 0 Å². The molecule has 0 spiro atoms. The fourth-order valence-electron chi connectivity index (χ4n) is 2.83. The quantitative estimate of drug-likeness (QED) is 0.832. The zero-order valence-electron chi connectivity index (χ0n) is 13.2.